The Morgan fingerprint density at radius 1 is 1.47 bits per heavy atom. The molecule has 5 heteroatoms. The lowest BCUT2D eigenvalue weighted by atomic mass is 10.2. The summed E-state index contributed by atoms with van der Waals surface area (Å²) in [5.74, 6) is 0.665. The topological polar surface area (TPSA) is 38.9 Å². The standard InChI is InChI=1S/C10H9FN2OS/c1-2-9-12-10(13-14-9)6-3-4-7(11)8(15)5-6/h3-5,15H,2H2,1H3. The molecule has 1 aromatic heterocycles. The zero-order valence-corrected chi connectivity index (χ0v) is 8.96. The van der Waals surface area contributed by atoms with E-state index in [1.54, 1.807) is 12.1 Å². The van der Waals surface area contributed by atoms with Crippen molar-refractivity contribution in [2.45, 2.75) is 18.2 Å². The molecule has 0 unspecified atom stereocenters. The van der Waals surface area contributed by atoms with E-state index >= 15 is 0 Å². The van der Waals surface area contributed by atoms with Gasteiger partial charge in [-0.15, -0.1) is 12.6 Å². The summed E-state index contributed by atoms with van der Waals surface area (Å²) in [7, 11) is 0. The van der Waals surface area contributed by atoms with E-state index < -0.39 is 0 Å². The van der Waals surface area contributed by atoms with Gasteiger partial charge in [-0.1, -0.05) is 12.1 Å². The highest BCUT2D eigenvalue weighted by Crippen LogP contribution is 2.21. The quantitative estimate of drug-likeness (QED) is 0.797. The van der Waals surface area contributed by atoms with E-state index in [0.29, 0.717) is 23.7 Å². The van der Waals surface area contributed by atoms with Crippen LogP contribution in [0.5, 0.6) is 0 Å². The number of benzene rings is 1. The summed E-state index contributed by atoms with van der Waals surface area (Å²) in [5.41, 5.74) is 0.699. The number of hydrogen-bond acceptors (Lipinski definition) is 4. The lowest BCUT2D eigenvalue weighted by Crippen LogP contribution is -1.84. The van der Waals surface area contributed by atoms with Crippen molar-refractivity contribution in [3.8, 4) is 11.4 Å². The predicted octanol–water partition coefficient (Wildman–Crippen LogP) is 2.73. The Morgan fingerprint density at radius 3 is 2.87 bits per heavy atom. The first-order valence-corrected chi connectivity index (χ1v) is 4.97. The van der Waals surface area contributed by atoms with Crippen LogP contribution in [0.25, 0.3) is 11.4 Å². The summed E-state index contributed by atoms with van der Waals surface area (Å²) in [6, 6.07) is 4.50. The van der Waals surface area contributed by atoms with Gasteiger partial charge < -0.3 is 4.52 Å². The van der Waals surface area contributed by atoms with E-state index in [9.17, 15) is 4.39 Å². The Kier molecular flexibility index (Phi) is 2.73. The van der Waals surface area contributed by atoms with E-state index in [4.69, 9.17) is 4.52 Å². The molecule has 0 N–H and O–H groups in total. The van der Waals surface area contributed by atoms with Gasteiger partial charge in [0.15, 0.2) is 0 Å². The van der Waals surface area contributed by atoms with Crippen LogP contribution >= 0.6 is 12.6 Å². The molecule has 0 aliphatic rings. The second-order valence-electron chi connectivity index (χ2n) is 3.03. The Labute approximate surface area is 91.7 Å². The van der Waals surface area contributed by atoms with E-state index in [0.717, 1.165) is 0 Å². The number of halogens is 1. The van der Waals surface area contributed by atoms with E-state index in [1.165, 1.54) is 6.07 Å². The second-order valence-corrected chi connectivity index (χ2v) is 3.51. The lowest BCUT2D eigenvalue weighted by molar-refractivity contribution is 0.383. The largest absolute Gasteiger partial charge is 0.339 e. The summed E-state index contributed by atoms with van der Waals surface area (Å²) in [4.78, 5) is 4.41. The zero-order chi connectivity index (χ0) is 10.8. The average Bonchev–Trinajstić information content (AvgIpc) is 2.70. The lowest BCUT2D eigenvalue weighted by Gasteiger charge is -1.97. The number of rotatable bonds is 2. The van der Waals surface area contributed by atoms with Gasteiger partial charge in [-0.3, -0.25) is 0 Å². The van der Waals surface area contributed by atoms with Gasteiger partial charge >= 0.3 is 0 Å². The molecule has 0 atom stereocenters. The molecule has 3 nitrogen and oxygen atoms in total. The minimum Gasteiger partial charge on any atom is -0.339 e. The first-order valence-electron chi connectivity index (χ1n) is 4.52. The Balaban J connectivity index is 2.40. The highest BCUT2D eigenvalue weighted by Gasteiger charge is 2.08. The maximum absolute atomic E-state index is 12.9. The summed E-state index contributed by atoms with van der Waals surface area (Å²) >= 11 is 3.99. The van der Waals surface area contributed by atoms with Crippen LogP contribution in [0.4, 0.5) is 4.39 Å². The van der Waals surface area contributed by atoms with Crippen molar-refractivity contribution >= 4 is 12.6 Å². The molecule has 78 valence electrons. The molecule has 0 radical (unpaired) electrons. The van der Waals surface area contributed by atoms with Gasteiger partial charge in [-0.2, -0.15) is 4.98 Å². The number of aromatic nitrogens is 2. The van der Waals surface area contributed by atoms with Crippen LogP contribution in [0, 0.1) is 5.82 Å². The fraction of sp³-hybridized carbons (Fsp3) is 0.200. The van der Waals surface area contributed by atoms with Crippen LogP contribution in [-0.2, 0) is 6.42 Å². The normalized spacial score (nSPS) is 10.6. The van der Waals surface area contributed by atoms with Crippen molar-refractivity contribution in [3.63, 3.8) is 0 Å². The molecule has 0 aliphatic heterocycles. The number of thiol groups is 1. The average molecular weight is 224 g/mol. The number of aryl methyl sites for hydroxylation is 1. The van der Waals surface area contributed by atoms with Gasteiger partial charge in [-0.05, 0) is 18.2 Å². The first kappa shape index (κ1) is 10.2. The Bertz CT molecular complexity index is 484. The van der Waals surface area contributed by atoms with Gasteiger partial charge in [0.25, 0.3) is 0 Å². The van der Waals surface area contributed by atoms with Crippen LogP contribution in [-0.4, -0.2) is 10.1 Å². The maximum atomic E-state index is 12.9. The first-order chi connectivity index (χ1) is 7.20. The monoisotopic (exact) mass is 224 g/mol. The summed E-state index contributed by atoms with van der Waals surface area (Å²) in [6.45, 7) is 1.92. The maximum Gasteiger partial charge on any atom is 0.226 e. The van der Waals surface area contributed by atoms with E-state index in [1.807, 2.05) is 6.92 Å². The molecule has 0 aliphatic carbocycles. The zero-order valence-electron chi connectivity index (χ0n) is 8.07. The smallest absolute Gasteiger partial charge is 0.226 e. The van der Waals surface area contributed by atoms with Crippen LogP contribution in [0.1, 0.15) is 12.8 Å². The van der Waals surface area contributed by atoms with E-state index in [-0.39, 0.29) is 10.7 Å². The van der Waals surface area contributed by atoms with E-state index in [2.05, 4.69) is 22.8 Å². The highest BCUT2D eigenvalue weighted by molar-refractivity contribution is 7.80. The number of hydrogen-bond donors (Lipinski definition) is 1. The van der Waals surface area contributed by atoms with Crippen molar-refractivity contribution in [2.24, 2.45) is 0 Å². The van der Waals surface area contributed by atoms with Crippen LogP contribution in [0.15, 0.2) is 27.6 Å². The molecular formula is C10H9FN2OS. The van der Waals surface area contributed by atoms with Gasteiger partial charge in [0, 0.05) is 16.9 Å². The van der Waals surface area contributed by atoms with Gasteiger partial charge in [0.2, 0.25) is 11.7 Å². The van der Waals surface area contributed by atoms with Crippen LogP contribution in [0.3, 0.4) is 0 Å². The molecule has 0 bridgehead atoms. The third kappa shape index (κ3) is 2.02. The van der Waals surface area contributed by atoms with Crippen molar-refractivity contribution in [1.29, 1.82) is 0 Å². The fourth-order valence-electron chi connectivity index (χ4n) is 1.17. The molecule has 0 saturated heterocycles. The molecule has 1 heterocycles. The highest BCUT2D eigenvalue weighted by atomic mass is 32.1. The Hall–Kier alpha value is -1.36. The number of nitrogens with zero attached hydrogens (tertiary/aromatic N) is 2. The minimum atomic E-state index is -0.360. The van der Waals surface area contributed by atoms with Crippen molar-refractivity contribution < 1.29 is 8.91 Å². The molecule has 0 amide bonds. The van der Waals surface area contributed by atoms with Gasteiger partial charge in [0.1, 0.15) is 5.82 Å². The fourth-order valence-corrected chi connectivity index (χ4v) is 1.38. The SMILES string of the molecule is CCc1nc(-c2ccc(F)c(S)c2)no1. The molecule has 0 saturated carbocycles. The van der Waals surface area contributed by atoms with Crippen LogP contribution in [0.2, 0.25) is 0 Å². The molecule has 2 rings (SSSR count). The predicted molar refractivity (Wildman–Crippen MR) is 56.3 cm³/mol. The third-order valence-corrected chi connectivity index (χ3v) is 2.32. The molecule has 2 aromatic rings. The van der Waals surface area contributed by atoms with Crippen LogP contribution < -0.4 is 0 Å². The molecule has 0 fully saturated rings. The van der Waals surface area contributed by atoms with Crippen molar-refractivity contribution in [1.82, 2.24) is 10.1 Å². The molecule has 0 spiro atoms. The molecule has 15 heavy (non-hydrogen) atoms. The second kappa shape index (κ2) is 4.02. The minimum absolute atomic E-state index is 0.273. The van der Waals surface area contributed by atoms with Crippen molar-refractivity contribution in [3.05, 3.63) is 29.9 Å². The Morgan fingerprint density at radius 2 is 2.27 bits per heavy atom. The molecule has 1 aromatic carbocycles. The van der Waals surface area contributed by atoms with Crippen molar-refractivity contribution in [2.75, 3.05) is 0 Å². The summed E-state index contributed by atoms with van der Waals surface area (Å²) in [5, 5.41) is 3.79. The van der Waals surface area contributed by atoms with Gasteiger partial charge in [-0.25, -0.2) is 4.39 Å². The molecular weight excluding hydrogens is 215 g/mol. The summed E-state index contributed by atoms with van der Waals surface area (Å²) < 4.78 is 17.9. The van der Waals surface area contributed by atoms with Gasteiger partial charge in [0.05, 0.1) is 0 Å². The summed E-state index contributed by atoms with van der Waals surface area (Å²) in [6.07, 6.45) is 0.682. The third-order valence-electron chi connectivity index (χ3n) is 1.97.